The van der Waals surface area contributed by atoms with Crippen LogP contribution in [0.4, 0.5) is 4.79 Å². The van der Waals surface area contributed by atoms with Crippen LogP contribution >= 0.6 is 11.6 Å². The molecule has 1 fully saturated rings. The van der Waals surface area contributed by atoms with Crippen molar-refractivity contribution in [2.45, 2.75) is 12.6 Å². The normalized spacial score (nSPS) is 15.9. The summed E-state index contributed by atoms with van der Waals surface area (Å²) in [5.41, 5.74) is 2.21. The summed E-state index contributed by atoms with van der Waals surface area (Å²) in [7, 11) is 1.79. The first-order valence-electron chi connectivity index (χ1n) is 9.23. The molecule has 6 heteroatoms. The van der Waals surface area contributed by atoms with Crippen LogP contribution in [0.15, 0.2) is 54.6 Å². The lowest BCUT2D eigenvalue weighted by atomic mass is 10.0. The molecule has 2 aromatic rings. The first kappa shape index (κ1) is 19.7. The van der Waals surface area contributed by atoms with E-state index in [9.17, 15) is 4.79 Å². The maximum absolute atomic E-state index is 12.6. The molecule has 1 aliphatic heterocycles. The van der Waals surface area contributed by atoms with Gasteiger partial charge >= 0.3 is 6.03 Å². The van der Waals surface area contributed by atoms with E-state index in [2.05, 4.69) is 22.3 Å². The quantitative estimate of drug-likeness (QED) is 0.824. The Hall–Kier alpha value is -2.08. The van der Waals surface area contributed by atoms with Gasteiger partial charge in [0.1, 0.15) is 0 Å². The SMILES string of the molecule is CN(Cc1cccc(Cl)c1)C(=O)NC[C@H](c1ccccc1)N1CCOCC1. The van der Waals surface area contributed by atoms with Crippen molar-refractivity contribution >= 4 is 17.6 Å². The van der Waals surface area contributed by atoms with Gasteiger partial charge in [0, 0.05) is 38.2 Å². The number of halogens is 1. The second-order valence-electron chi connectivity index (χ2n) is 6.75. The molecule has 0 unspecified atom stereocenters. The standard InChI is InChI=1S/C21H26ClN3O2/c1-24(16-17-6-5-9-19(22)14-17)21(26)23-15-20(18-7-3-2-4-8-18)25-10-12-27-13-11-25/h2-9,14,20H,10-13,15-16H2,1H3,(H,23,26)/t20-/m1/s1. The van der Waals surface area contributed by atoms with E-state index in [0.717, 1.165) is 31.9 Å². The summed E-state index contributed by atoms with van der Waals surface area (Å²) in [4.78, 5) is 16.6. The maximum atomic E-state index is 12.6. The Kier molecular flexibility index (Phi) is 7.10. The van der Waals surface area contributed by atoms with Crippen molar-refractivity contribution in [3.63, 3.8) is 0 Å². The molecule has 144 valence electrons. The summed E-state index contributed by atoms with van der Waals surface area (Å²) in [6, 6.07) is 17.9. The predicted octanol–water partition coefficient (Wildman–Crippen LogP) is 3.55. The Balaban J connectivity index is 1.61. The van der Waals surface area contributed by atoms with Crippen LogP contribution < -0.4 is 5.32 Å². The number of ether oxygens (including phenoxy) is 1. The highest BCUT2D eigenvalue weighted by molar-refractivity contribution is 6.30. The molecule has 5 nitrogen and oxygen atoms in total. The van der Waals surface area contributed by atoms with Crippen molar-refractivity contribution in [1.29, 1.82) is 0 Å². The monoisotopic (exact) mass is 387 g/mol. The smallest absolute Gasteiger partial charge is 0.317 e. The Morgan fingerprint density at radius 2 is 1.93 bits per heavy atom. The van der Waals surface area contributed by atoms with Crippen LogP contribution in [0.25, 0.3) is 0 Å². The van der Waals surface area contributed by atoms with Gasteiger partial charge in [-0.2, -0.15) is 0 Å². The van der Waals surface area contributed by atoms with Gasteiger partial charge in [-0.3, -0.25) is 4.90 Å². The average molecular weight is 388 g/mol. The summed E-state index contributed by atoms with van der Waals surface area (Å²) >= 11 is 6.03. The summed E-state index contributed by atoms with van der Waals surface area (Å²) in [5, 5.41) is 3.76. The Labute approximate surface area is 165 Å². The number of urea groups is 1. The van der Waals surface area contributed by atoms with Gasteiger partial charge in [0.15, 0.2) is 0 Å². The molecule has 1 atom stereocenters. The summed E-state index contributed by atoms with van der Waals surface area (Å²) in [6.07, 6.45) is 0. The molecular weight excluding hydrogens is 362 g/mol. The van der Waals surface area contributed by atoms with Gasteiger partial charge in [-0.25, -0.2) is 4.79 Å². The van der Waals surface area contributed by atoms with E-state index < -0.39 is 0 Å². The first-order chi connectivity index (χ1) is 13.1. The third kappa shape index (κ3) is 5.70. The van der Waals surface area contributed by atoms with Crippen LogP contribution in [0.1, 0.15) is 17.2 Å². The lowest BCUT2D eigenvalue weighted by molar-refractivity contribution is 0.0165. The van der Waals surface area contributed by atoms with Crippen LogP contribution in [0.5, 0.6) is 0 Å². The number of carbonyl (C=O) groups excluding carboxylic acids is 1. The summed E-state index contributed by atoms with van der Waals surface area (Å²) in [5.74, 6) is 0. The number of amides is 2. The molecule has 0 aromatic heterocycles. The molecule has 3 rings (SSSR count). The predicted molar refractivity (Wildman–Crippen MR) is 108 cm³/mol. The number of nitrogens with one attached hydrogen (secondary N) is 1. The van der Waals surface area contributed by atoms with Gasteiger partial charge in [-0.15, -0.1) is 0 Å². The minimum Gasteiger partial charge on any atom is -0.379 e. The van der Waals surface area contributed by atoms with Gasteiger partial charge in [-0.05, 0) is 23.3 Å². The minimum absolute atomic E-state index is 0.0934. The largest absolute Gasteiger partial charge is 0.379 e. The zero-order valence-corrected chi connectivity index (χ0v) is 16.4. The molecule has 0 radical (unpaired) electrons. The number of rotatable bonds is 6. The molecular formula is C21H26ClN3O2. The molecule has 2 aromatic carbocycles. The van der Waals surface area contributed by atoms with E-state index in [1.54, 1.807) is 11.9 Å². The van der Waals surface area contributed by atoms with E-state index in [1.165, 1.54) is 5.56 Å². The lowest BCUT2D eigenvalue weighted by Crippen LogP contribution is -2.46. The molecule has 0 aliphatic carbocycles. The molecule has 1 saturated heterocycles. The Morgan fingerprint density at radius 1 is 1.19 bits per heavy atom. The van der Waals surface area contributed by atoms with Gasteiger partial charge < -0.3 is 15.0 Å². The van der Waals surface area contributed by atoms with Crippen LogP contribution in [0.2, 0.25) is 5.02 Å². The van der Waals surface area contributed by atoms with Gasteiger partial charge in [-0.1, -0.05) is 54.1 Å². The molecule has 2 amide bonds. The van der Waals surface area contributed by atoms with Crippen LogP contribution in [-0.4, -0.2) is 55.7 Å². The van der Waals surface area contributed by atoms with Gasteiger partial charge in [0.25, 0.3) is 0 Å². The van der Waals surface area contributed by atoms with Gasteiger partial charge in [0.2, 0.25) is 0 Å². The Bertz CT molecular complexity index is 735. The van der Waals surface area contributed by atoms with Crippen molar-refractivity contribution in [3.8, 4) is 0 Å². The minimum atomic E-state index is -0.0934. The van der Waals surface area contributed by atoms with Crippen molar-refractivity contribution in [2.75, 3.05) is 39.9 Å². The molecule has 0 saturated carbocycles. The third-order valence-corrected chi connectivity index (χ3v) is 5.01. The fraction of sp³-hybridized carbons (Fsp3) is 0.381. The molecule has 0 bridgehead atoms. The van der Waals surface area contributed by atoms with E-state index in [4.69, 9.17) is 16.3 Å². The first-order valence-corrected chi connectivity index (χ1v) is 9.61. The van der Waals surface area contributed by atoms with Crippen molar-refractivity contribution in [2.24, 2.45) is 0 Å². The molecule has 27 heavy (non-hydrogen) atoms. The van der Waals surface area contributed by atoms with Gasteiger partial charge in [0.05, 0.1) is 19.3 Å². The van der Waals surface area contributed by atoms with Crippen molar-refractivity contribution in [3.05, 3.63) is 70.7 Å². The fourth-order valence-corrected chi connectivity index (χ4v) is 3.53. The number of carbonyl (C=O) groups is 1. The van der Waals surface area contributed by atoms with Crippen molar-refractivity contribution < 1.29 is 9.53 Å². The zero-order chi connectivity index (χ0) is 19.1. The highest BCUT2D eigenvalue weighted by Crippen LogP contribution is 2.21. The summed E-state index contributed by atoms with van der Waals surface area (Å²) < 4.78 is 5.48. The molecule has 1 aliphatic rings. The van der Waals surface area contributed by atoms with E-state index in [0.29, 0.717) is 18.1 Å². The highest BCUT2D eigenvalue weighted by Gasteiger charge is 2.23. The summed E-state index contributed by atoms with van der Waals surface area (Å²) in [6.45, 7) is 4.27. The Morgan fingerprint density at radius 3 is 2.63 bits per heavy atom. The van der Waals surface area contributed by atoms with Crippen LogP contribution in [0, 0.1) is 0 Å². The lowest BCUT2D eigenvalue weighted by Gasteiger charge is -2.35. The average Bonchev–Trinajstić information content (AvgIpc) is 2.69. The number of morpholine rings is 1. The maximum Gasteiger partial charge on any atom is 0.317 e. The molecule has 1 heterocycles. The highest BCUT2D eigenvalue weighted by atomic mass is 35.5. The zero-order valence-electron chi connectivity index (χ0n) is 15.6. The van der Waals surface area contributed by atoms with Crippen LogP contribution in [-0.2, 0) is 11.3 Å². The van der Waals surface area contributed by atoms with E-state index in [1.807, 2.05) is 42.5 Å². The number of nitrogens with zero attached hydrogens (tertiary/aromatic N) is 2. The molecule has 0 spiro atoms. The number of hydrogen-bond donors (Lipinski definition) is 1. The van der Waals surface area contributed by atoms with Crippen molar-refractivity contribution in [1.82, 2.24) is 15.1 Å². The molecule has 1 N–H and O–H groups in total. The van der Waals surface area contributed by atoms with Crippen LogP contribution in [0.3, 0.4) is 0 Å². The fourth-order valence-electron chi connectivity index (χ4n) is 3.32. The number of benzene rings is 2. The van der Waals surface area contributed by atoms with E-state index in [-0.39, 0.29) is 12.1 Å². The number of hydrogen-bond acceptors (Lipinski definition) is 3. The van der Waals surface area contributed by atoms with E-state index >= 15 is 0 Å². The topological polar surface area (TPSA) is 44.8 Å². The second kappa shape index (κ2) is 9.74. The third-order valence-electron chi connectivity index (χ3n) is 4.77. The second-order valence-corrected chi connectivity index (χ2v) is 7.18.